The number of ether oxygens (including phenoxy) is 7. The molecule has 0 amide bonds. The normalized spacial score (nSPS) is 28.9. The molecule has 0 aromatic rings. The van der Waals surface area contributed by atoms with Crippen LogP contribution >= 0.6 is 0 Å². The van der Waals surface area contributed by atoms with Crippen LogP contribution in [0.1, 0.15) is 34.1 Å². The van der Waals surface area contributed by atoms with E-state index >= 15 is 0 Å². The molecule has 1 saturated heterocycles. The molecule has 29 heavy (non-hydrogen) atoms. The van der Waals surface area contributed by atoms with E-state index in [1.165, 1.54) is 35.0 Å². The zero-order valence-electron chi connectivity index (χ0n) is 17.5. The maximum absolute atomic E-state index is 11.7. The van der Waals surface area contributed by atoms with E-state index in [4.69, 9.17) is 33.2 Å². The van der Waals surface area contributed by atoms with Gasteiger partial charge in [0.05, 0.1) is 6.61 Å². The Labute approximate surface area is 169 Å². The van der Waals surface area contributed by atoms with Crippen LogP contribution in [0.2, 0.25) is 0 Å². The van der Waals surface area contributed by atoms with Crippen LogP contribution in [0.5, 0.6) is 0 Å². The van der Waals surface area contributed by atoms with Crippen molar-refractivity contribution in [2.24, 2.45) is 0 Å². The highest BCUT2D eigenvalue weighted by Gasteiger charge is 2.52. The number of hydrogen-bond donors (Lipinski definition) is 1. The molecule has 168 valence electrons. The second-order valence-corrected chi connectivity index (χ2v) is 6.62. The Kier molecular flexibility index (Phi) is 9.93. The Morgan fingerprint density at radius 1 is 0.931 bits per heavy atom. The summed E-state index contributed by atoms with van der Waals surface area (Å²) >= 11 is 0. The van der Waals surface area contributed by atoms with Crippen molar-refractivity contribution in [2.75, 3.05) is 27.4 Å². The SMILES string of the molecule is CO[C@H]1O[C@H](COC(C)(CCO)OC)[C@@H](OC(C)=O)[C@H](OC(C)=O)[C@H]1OC(C)=O. The first-order chi connectivity index (χ1) is 13.6. The molecule has 0 aliphatic carbocycles. The fraction of sp³-hybridized carbons (Fsp3) is 0.833. The zero-order valence-corrected chi connectivity index (χ0v) is 17.5. The third kappa shape index (κ3) is 7.52. The summed E-state index contributed by atoms with van der Waals surface area (Å²) < 4.78 is 37.9. The lowest BCUT2D eigenvalue weighted by atomic mass is 9.98. The maximum Gasteiger partial charge on any atom is 0.303 e. The van der Waals surface area contributed by atoms with Crippen molar-refractivity contribution in [3.05, 3.63) is 0 Å². The van der Waals surface area contributed by atoms with Crippen molar-refractivity contribution in [3.8, 4) is 0 Å². The zero-order chi connectivity index (χ0) is 22.2. The van der Waals surface area contributed by atoms with Gasteiger partial charge in [0.1, 0.15) is 6.10 Å². The summed E-state index contributed by atoms with van der Waals surface area (Å²) in [4.78, 5) is 34.9. The molecule has 6 atom stereocenters. The van der Waals surface area contributed by atoms with Crippen LogP contribution < -0.4 is 0 Å². The second-order valence-electron chi connectivity index (χ2n) is 6.62. The quantitative estimate of drug-likeness (QED) is 0.287. The Bertz CT molecular complexity index is 566. The predicted octanol–water partition coefficient (Wildman–Crippen LogP) is -0.0856. The van der Waals surface area contributed by atoms with E-state index in [0.717, 1.165) is 0 Å². The van der Waals surface area contributed by atoms with E-state index in [1.807, 2.05) is 0 Å². The molecule has 0 bridgehead atoms. The van der Waals surface area contributed by atoms with Crippen LogP contribution in [0.3, 0.4) is 0 Å². The van der Waals surface area contributed by atoms with E-state index < -0.39 is 54.4 Å². The molecule has 1 aliphatic rings. The first-order valence-corrected chi connectivity index (χ1v) is 9.06. The third-order valence-electron chi connectivity index (χ3n) is 4.28. The fourth-order valence-electron chi connectivity index (χ4n) is 2.87. The molecule has 1 N–H and O–H groups in total. The molecule has 1 aliphatic heterocycles. The fourth-order valence-corrected chi connectivity index (χ4v) is 2.87. The monoisotopic (exact) mass is 422 g/mol. The van der Waals surface area contributed by atoms with Gasteiger partial charge in [-0.25, -0.2) is 0 Å². The largest absolute Gasteiger partial charge is 0.456 e. The summed E-state index contributed by atoms with van der Waals surface area (Å²) in [6, 6.07) is 0. The van der Waals surface area contributed by atoms with Crippen molar-refractivity contribution >= 4 is 17.9 Å². The lowest BCUT2D eigenvalue weighted by Gasteiger charge is -2.44. The first-order valence-electron chi connectivity index (χ1n) is 9.06. The van der Waals surface area contributed by atoms with Gasteiger partial charge in [0.2, 0.25) is 0 Å². The van der Waals surface area contributed by atoms with Crippen LogP contribution in [0, 0.1) is 0 Å². The van der Waals surface area contributed by atoms with E-state index in [0.29, 0.717) is 0 Å². The van der Waals surface area contributed by atoms with Crippen LogP contribution in [0.15, 0.2) is 0 Å². The van der Waals surface area contributed by atoms with Crippen molar-refractivity contribution in [1.82, 2.24) is 0 Å². The molecule has 0 spiro atoms. The number of rotatable bonds is 10. The maximum atomic E-state index is 11.7. The molecule has 0 aromatic heterocycles. The Balaban J connectivity index is 3.19. The van der Waals surface area contributed by atoms with Gasteiger partial charge < -0.3 is 38.3 Å². The summed E-state index contributed by atoms with van der Waals surface area (Å²) in [5.41, 5.74) is 0. The lowest BCUT2D eigenvalue weighted by Crippen LogP contribution is -2.63. The van der Waals surface area contributed by atoms with Gasteiger partial charge in [0.15, 0.2) is 30.4 Å². The van der Waals surface area contributed by atoms with Crippen molar-refractivity contribution < 1.29 is 52.6 Å². The number of esters is 3. The molecule has 1 heterocycles. The third-order valence-corrected chi connectivity index (χ3v) is 4.28. The number of carbonyl (C=O) groups excluding carboxylic acids is 3. The molecule has 1 fully saturated rings. The molecule has 0 aromatic carbocycles. The number of methoxy groups -OCH3 is 2. The molecule has 0 saturated carbocycles. The number of aliphatic hydroxyl groups is 1. The van der Waals surface area contributed by atoms with Crippen molar-refractivity contribution in [1.29, 1.82) is 0 Å². The lowest BCUT2D eigenvalue weighted by molar-refractivity contribution is -0.316. The van der Waals surface area contributed by atoms with E-state index in [-0.39, 0.29) is 19.6 Å². The number of carbonyl (C=O) groups is 3. The summed E-state index contributed by atoms with van der Waals surface area (Å²) in [5, 5.41) is 9.19. The summed E-state index contributed by atoms with van der Waals surface area (Å²) in [5.74, 6) is -3.14. The molecule has 1 unspecified atom stereocenters. The van der Waals surface area contributed by atoms with E-state index in [1.54, 1.807) is 6.92 Å². The smallest absolute Gasteiger partial charge is 0.303 e. The highest BCUT2D eigenvalue weighted by Crippen LogP contribution is 2.30. The molecule has 0 radical (unpaired) electrons. The molecular weight excluding hydrogens is 392 g/mol. The minimum absolute atomic E-state index is 0.160. The minimum atomic E-state index is -1.20. The van der Waals surface area contributed by atoms with E-state index in [9.17, 15) is 19.5 Å². The molecule has 11 heteroatoms. The topological polar surface area (TPSA) is 136 Å². The summed E-state index contributed by atoms with van der Waals surface area (Å²) in [6.07, 6.45) is -5.41. The molecule has 11 nitrogen and oxygen atoms in total. The summed E-state index contributed by atoms with van der Waals surface area (Å²) in [7, 11) is 2.73. The number of hydrogen-bond acceptors (Lipinski definition) is 11. The van der Waals surface area contributed by atoms with Crippen molar-refractivity contribution in [2.45, 2.75) is 70.6 Å². The first kappa shape index (κ1) is 25.2. The highest BCUT2D eigenvalue weighted by molar-refractivity contribution is 5.68. The average molecular weight is 422 g/mol. The molecular formula is C18H30O11. The Morgan fingerprint density at radius 2 is 1.45 bits per heavy atom. The van der Waals surface area contributed by atoms with Gasteiger partial charge in [-0.2, -0.15) is 0 Å². The highest BCUT2D eigenvalue weighted by atomic mass is 16.7. The van der Waals surface area contributed by atoms with Gasteiger partial charge in [-0.3, -0.25) is 14.4 Å². The second kappa shape index (κ2) is 11.4. The molecule has 1 rings (SSSR count). The standard InChI is InChI=1S/C18H30O11/c1-10(20)26-14-13(9-25-18(4,24-6)7-8-19)29-17(23-5)16(28-12(3)22)15(14)27-11(2)21/h13-17,19H,7-9H2,1-6H3/t13-,14-,15+,16-,17+,18?/m1/s1. The van der Waals surface area contributed by atoms with Gasteiger partial charge in [0.25, 0.3) is 0 Å². The van der Waals surface area contributed by atoms with Gasteiger partial charge in [-0.05, 0) is 6.92 Å². The van der Waals surface area contributed by atoms with Crippen LogP contribution in [0.25, 0.3) is 0 Å². The predicted molar refractivity (Wildman–Crippen MR) is 95.4 cm³/mol. The average Bonchev–Trinajstić information content (AvgIpc) is 2.62. The van der Waals surface area contributed by atoms with E-state index in [2.05, 4.69) is 0 Å². The van der Waals surface area contributed by atoms with Gasteiger partial charge in [-0.1, -0.05) is 0 Å². The summed E-state index contributed by atoms with van der Waals surface area (Å²) in [6.45, 7) is 4.79. The van der Waals surface area contributed by atoms with Crippen LogP contribution in [0.4, 0.5) is 0 Å². The van der Waals surface area contributed by atoms with Crippen LogP contribution in [-0.4, -0.2) is 86.9 Å². The van der Waals surface area contributed by atoms with Gasteiger partial charge in [0, 0.05) is 48.0 Å². The number of aliphatic hydroxyl groups excluding tert-OH is 1. The Morgan fingerprint density at radius 3 is 1.90 bits per heavy atom. The van der Waals surface area contributed by atoms with Gasteiger partial charge >= 0.3 is 17.9 Å². The van der Waals surface area contributed by atoms with Gasteiger partial charge in [-0.15, -0.1) is 0 Å². The van der Waals surface area contributed by atoms with Crippen LogP contribution in [-0.2, 0) is 47.5 Å². The minimum Gasteiger partial charge on any atom is -0.456 e. The van der Waals surface area contributed by atoms with Crippen molar-refractivity contribution in [3.63, 3.8) is 0 Å². The Hall–Kier alpha value is -1.79.